The Morgan fingerprint density at radius 2 is 1.78 bits per heavy atom. The zero-order chi connectivity index (χ0) is 19.1. The van der Waals surface area contributed by atoms with Crippen molar-refractivity contribution < 1.29 is 4.39 Å². The molecule has 0 amide bonds. The Morgan fingerprint density at radius 1 is 1.04 bits per heavy atom. The molecule has 0 heterocycles. The summed E-state index contributed by atoms with van der Waals surface area (Å²) in [5, 5.41) is 3.71. The second-order valence-electron chi connectivity index (χ2n) is 7.08. The molecule has 4 heteroatoms. The predicted octanol–water partition coefficient (Wildman–Crippen LogP) is 7.72. The van der Waals surface area contributed by atoms with Crippen LogP contribution >= 0.6 is 23.5 Å². The molecule has 0 aromatic heterocycles. The fraction of sp³-hybridized carbons (Fsp3) is 0.348. The van der Waals surface area contributed by atoms with E-state index in [1.807, 2.05) is 42.1 Å². The van der Waals surface area contributed by atoms with Crippen LogP contribution in [0.2, 0.25) is 0 Å². The van der Waals surface area contributed by atoms with Crippen LogP contribution in [-0.4, -0.2) is 10.3 Å². The van der Waals surface area contributed by atoms with Gasteiger partial charge in [0.05, 0.1) is 10.7 Å². The van der Waals surface area contributed by atoms with Gasteiger partial charge in [-0.3, -0.25) is 0 Å². The van der Waals surface area contributed by atoms with Gasteiger partial charge in [0, 0.05) is 10.1 Å². The highest BCUT2D eigenvalue weighted by Crippen LogP contribution is 2.38. The molecule has 3 unspecified atom stereocenters. The molecule has 1 saturated carbocycles. The Balaban J connectivity index is 1.74. The molecule has 0 saturated heterocycles. The lowest BCUT2D eigenvalue weighted by atomic mass is 9.81. The molecule has 1 nitrogen and oxygen atoms in total. The first-order valence-corrected chi connectivity index (χ1v) is 11.3. The smallest absolute Gasteiger partial charge is 0.123 e. The number of aliphatic imine (C=N–C) groups is 1. The van der Waals surface area contributed by atoms with E-state index in [-0.39, 0.29) is 5.82 Å². The molecule has 0 spiro atoms. The number of benzene rings is 2. The summed E-state index contributed by atoms with van der Waals surface area (Å²) in [5.41, 5.74) is 0.980. The van der Waals surface area contributed by atoms with Crippen LogP contribution in [0.4, 0.5) is 10.1 Å². The minimum absolute atomic E-state index is 0.203. The van der Waals surface area contributed by atoms with Crippen LogP contribution in [0.15, 0.2) is 76.0 Å². The molecule has 2 aromatic carbocycles. The fourth-order valence-electron chi connectivity index (χ4n) is 3.27. The summed E-state index contributed by atoms with van der Waals surface area (Å²) < 4.78 is 13.1. The number of hydrogen-bond donors (Lipinski definition) is 0. The maximum absolute atomic E-state index is 13.1. The van der Waals surface area contributed by atoms with E-state index in [9.17, 15) is 4.39 Å². The Labute approximate surface area is 170 Å². The van der Waals surface area contributed by atoms with Crippen LogP contribution in [0.5, 0.6) is 0 Å². The van der Waals surface area contributed by atoms with Crippen LogP contribution in [0, 0.1) is 17.7 Å². The van der Waals surface area contributed by atoms with E-state index in [4.69, 9.17) is 4.99 Å². The maximum Gasteiger partial charge on any atom is 0.123 e. The molecule has 1 aliphatic carbocycles. The van der Waals surface area contributed by atoms with Crippen LogP contribution in [0.1, 0.15) is 33.1 Å². The summed E-state index contributed by atoms with van der Waals surface area (Å²) in [6.07, 6.45) is 5.98. The van der Waals surface area contributed by atoms with Gasteiger partial charge in [0.15, 0.2) is 0 Å². The molecule has 0 aliphatic heterocycles. The molecule has 0 N–H and O–H groups in total. The average Bonchev–Trinajstić information content (AvgIpc) is 2.68. The summed E-state index contributed by atoms with van der Waals surface area (Å²) >= 11 is 3.49. The summed E-state index contributed by atoms with van der Waals surface area (Å²) in [4.78, 5) is 5.90. The second-order valence-corrected chi connectivity index (χ2v) is 9.32. The van der Waals surface area contributed by atoms with Crippen molar-refractivity contribution in [3.8, 4) is 0 Å². The van der Waals surface area contributed by atoms with E-state index in [1.165, 1.54) is 31.4 Å². The van der Waals surface area contributed by atoms with Gasteiger partial charge >= 0.3 is 0 Å². The van der Waals surface area contributed by atoms with E-state index >= 15 is 0 Å². The number of hydrogen-bond acceptors (Lipinski definition) is 3. The Morgan fingerprint density at radius 3 is 2.52 bits per heavy atom. The van der Waals surface area contributed by atoms with Gasteiger partial charge in [0.1, 0.15) is 5.82 Å². The molecule has 1 fully saturated rings. The van der Waals surface area contributed by atoms with E-state index < -0.39 is 0 Å². The van der Waals surface area contributed by atoms with Gasteiger partial charge in [-0.25, -0.2) is 9.38 Å². The fourth-order valence-corrected chi connectivity index (χ4v) is 5.39. The molecule has 3 rings (SSSR count). The van der Waals surface area contributed by atoms with E-state index in [1.54, 1.807) is 23.9 Å². The third-order valence-corrected chi connectivity index (χ3v) is 7.38. The van der Waals surface area contributed by atoms with Crippen molar-refractivity contribution in [2.75, 3.05) is 0 Å². The maximum atomic E-state index is 13.1. The zero-order valence-electron chi connectivity index (χ0n) is 15.8. The summed E-state index contributed by atoms with van der Waals surface area (Å²) in [7, 11) is 0. The van der Waals surface area contributed by atoms with E-state index in [0.717, 1.165) is 21.5 Å². The van der Waals surface area contributed by atoms with Crippen LogP contribution in [-0.2, 0) is 0 Å². The second kappa shape index (κ2) is 10.1. The standard InChI is InChI=1S/C23H26FNS2/c1-17-7-6-10-22(18(17)2)27-23(25-20-8-4-3-5-9-20)15-16-26-21-13-11-19(24)12-14-21/h3-5,8-9,11-18,22H,6-7,10H2,1-2H3. The SMILES string of the molecule is CC1CCCC(SC(C=CSc2ccc(F)cc2)=Nc2ccccc2)C1C. The molecule has 0 bridgehead atoms. The summed E-state index contributed by atoms with van der Waals surface area (Å²) in [6.45, 7) is 4.74. The number of para-hydroxylation sites is 1. The number of nitrogens with zero attached hydrogens (tertiary/aromatic N) is 1. The molecule has 2 aromatic rings. The monoisotopic (exact) mass is 399 g/mol. The first kappa shape index (κ1) is 20.2. The van der Waals surface area contributed by atoms with E-state index in [0.29, 0.717) is 11.2 Å². The predicted molar refractivity (Wildman–Crippen MR) is 118 cm³/mol. The lowest BCUT2D eigenvalue weighted by molar-refractivity contribution is 0.287. The lowest BCUT2D eigenvalue weighted by Gasteiger charge is -2.33. The highest BCUT2D eigenvalue weighted by Gasteiger charge is 2.28. The number of rotatable bonds is 5. The summed E-state index contributed by atoms with van der Waals surface area (Å²) in [5.74, 6) is 1.26. The first-order valence-electron chi connectivity index (χ1n) is 9.51. The number of halogens is 1. The Bertz CT molecular complexity index is 771. The molecule has 3 atom stereocenters. The average molecular weight is 400 g/mol. The minimum atomic E-state index is -0.203. The third kappa shape index (κ3) is 6.25. The van der Waals surface area contributed by atoms with Crippen molar-refractivity contribution in [2.24, 2.45) is 16.8 Å². The normalized spacial score (nSPS) is 23.7. The zero-order valence-corrected chi connectivity index (χ0v) is 17.5. The van der Waals surface area contributed by atoms with Crippen molar-refractivity contribution in [1.29, 1.82) is 0 Å². The van der Waals surface area contributed by atoms with Gasteiger partial charge in [0.2, 0.25) is 0 Å². The topological polar surface area (TPSA) is 12.4 Å². The minimum Gasteiger partial charge on any atom is -0.242 e. The van der Waals surface area contributed by atoms with Gasteiger partial charge < -0.3 is 0 Å². The van der Waals surface area contributed by atoms with Gasteiger partial charge in [-0.2, -0.15) is 0 Å². The first-order chi connectivity index (χ1) is 13.1. The highest BCUT2D eigenvalue weighted by molar-refractivity contribution is 8.15. The lowest BCUT2D eigenvalue weighted by Crippen LogP contribution is -2.27. The van der Waals surface area contributed by atoms with Gasteiger partial charge in [-0.15, -0.1) is 11.8 Å². The molecule has 142 valence electrons. The van der Waals surface area contributed by atoms with Gasteiger partial charge in [-0.1, -0.05) is 56.7 Å². The largest absolute Gasteiger partial charge is 0.242 e. The molecule has 1 aliphatic rings. The van der Waals surface area contributed by atoms with Crippen LogP contribution in [0.3, 0.4) is 0 Å². The third-order valence-electron chi connectivity index (χ3n) is 5.13. The molecular formula is C23H26FNS2. The number of thioether (sulfide) groups is 2. The van der Waals surface area contributed by atoms with Gasteiger partial charge in [-0.05, 0) is 66.1 Å². The molecular weight excluding hydrogens is 373 g/mol. The van der Waals surface area contributed by atoms with Crippen LogP contribution in [0.25, 0.3) is 0 Å². The Kier molecular flexibility index (Phi) is 7.59. The van der Waals surface area contributed by atoms with Crippen LogP contribution < -0.4 is 0 Å². The summed E-state index contributed by atoms with van der Waals surface area (Å²) in [6, 6.07) is 16.7. The van der Waals surface area contributed by atoms with Crippen molar-refractivity contribution in [1.82, 2.24) is 0 Å². The van der Waals surface area contributed by atoms with Crippen molar-refractivity contribution >= 4 is 34.3 Å². The highest BCUT2D eigenvalue weighted by atomic mass is 32.2. The van der Waals surface area contributed by atoms with E-state index in [2.05, 4.69) is 25.3 Å². The quantitative estimate of drug-likeness (QED) is 0.290. The Hall–Kier alpha value is -1.52. The molecule has 0 radical (unpaired) electrons. The molecule has 27 heavy (non-hydrogen) atoms. The van der Waals surface area contributed by atoms with Crippen molar-refractivity contribution in [3.63, 3.8) is 0 Å². The van der Waals surface area contributed by atoms with Crippen molar-refractivity contribution in [2.45, 2.75) is 43.3 Å². The van der Waals surface area contributed by atoms with Gasteiger partial charge in [0.25, 0.3) is 0 Å². The van der Waals surface area contributed by atoms with Crippen molar-refractivity contribution in [3.05, 3.63) is 71.9 Å².